The molecule has 3 rings (SSSR count). The first-order valence-electron chi connectivity index (χ1n) is 6.89. The zero-order valence-corrected chi connectivity index (χ0v) is 11.6. The number of carbonyl (C=O) groups is 1. The molecule has 104 valence electrons. The summed E-state index contributed by atoms with van der Waals surface area (Å²) in [6, 6.07) is 3.60. The van der Waals surface area contributed by atoms with Crippen LogP contribution in [0.5, 0.6) is 0 Å². The lowest BCUT2D eigenvalue weighted by Crippen LogP contribution is -2.35. The molecule has 2 aromatic heterocycles. The van der Waals surface area contributed by atoms with Gasteiger partial charge in [-0.2, -0.15) is 0 Å². The maximum absolute atomic E-state index is 12.3. The maximum Gasteiger partial charge on any atom is 0.255 e. The van der Waals surface area contributed by atoms with Crippen LogP contribution in [0.1, 0.15) is 22.6 Å². The van der Waals surface area contributed by atoms with E-state index in [1.165, 1.54) is 0 Å². The van der Waals surface area contributed by atoms with E-state index in [9.17, 15) is 4.79 Å². The molecule has 0 fully saturated rings. The molecule has 0 aromatic carbocycles. The predicted octanol–water partition coefficient (Wildman–Crippen LogP) is 1.61. The second-order valence-corrected chi connectivity index (χ2v) is 5.32. The zero-order chi connectivity index (χ0) is 13.9. The highest BCUT2D eigenvalue weighted by atomic mass is 16.2. The number of aromatic nitrogens is 3. The van der Waals surface area contributed by atoms with Crippen molar-refractivity contribution in [2.24, 2.45) is 5.92 Å². The summed E-state index contributed by atoms with van der Waals surface area (Å²) < 4.78 is 2.19. The summed E-state index contributed by atoms with van der Waals surface area (Å²) in [4.78, 5) is 22.4. The third-order valence-electron chi connectivity index (χ3n) is 3.84. The number of hydrogen-bond donors (Lipinski definition) is 0. The first-order chi connectivity index (χ1) is 9.74. The monoisotopic (exact) mass is 270 g/mol. The first-order valence-corrected chi connectivity index (χ1v) is 6.89. The lowest BCUT2D eigenvalue weighted by atomic mass is 9.97. The van der Waals surface area contributed by atoms with Crippen LogP contribution in [-0.2, 0) is 13.0 Å². The lowest BCUT2D eigenvalue weighted by Gasteiger charge is -2.27. The lowest BCUT2D eigenvalue weighted by molar-refractivity contribution is 0.0763. The van der Waals surface area contributed by atoms with E-state index < -0.39 is 0 Å². The smallest absolute Gasteiger partial charge is 0.255 e. The van der Waals surface area contributed by atoms with Crippen LogP contribution in [0.25, 0.3) is 0 Å². The van der Waals surface area contributed by atoms with Crippen molar-refractivity contribution in [2.75, 3.05) is 13.6 Å². The first kappa shape index (κ1) is 12.8. The Labute approximate surface area is 118 Å². The van der Waals surface area contributed by atoms with E-state index in [1.54, 1.807) is 29.4 Å². The second kappa shape index (κ2) is 5.45. The summed E-state index contributed by atoms with van der Waals surface area (Å²) in [7, 11) is 1.86. The number of pyridine rings is 1. The van der Waals surface area contributed by atoms with E-state index in [4.69, 9.17) is 0 Å². The van der Waals surface area contributed by atoms with Crippen molar-refractivity contribution in [2.45, 2.75) is 19.4 Å². The Kier molecular flexibility index (Phi) is 3.50. The summed E-state index contributed by atoms with van der Waals surface area (Å²) in [5.74, 6) is 1.64. The van der Waals surface area contributed by atoms with Crippen LogP contribution in [0.3, 0.4) is 0 Å². The molecule has 2 aromatic rings. The number of imidazole rings is 1. The summed E-state index contributed by atoms with van der Waals surface area (Å²) in [6.07, 6.45) is 9.20. The molecule has 1 aliphatic rings. The number of rotatable bonds is 3. The molecule has 5 heteroatoms. The van der Waals surface area contributed by atoms with E-state index >= 15 is 0 Å². The van der Waals surface area contributed by atoms with Crippen LogP contribution in [0.2, 0.25) is 0 Å². The normalized spacial score (nSPS) is 17.6. The van der Waals surface area contributed by atoms with Gasteiger partial charge in [-0.25, -0.2) is 4.98 Å². The topological polar surface area (TPSA) is 51.0 Å². The van der Waals surface area contributed by atoms with Crippen LogP contribution in [0.4, 0.5) is 0 Å². The van der Waals surface area contributed by atoms with Gasteiger partial charge in [-0.15, -0.1) is 0 Å². The molecule has 0 radical (unpaired) electrons. The highest BCUT2D eigenvalue weighted by Crippen LogP contribution is 2.20. The molecule has 1 atom stereocenters. The van der Waals surface area contributed by atoms with E-state index in [0.29, 0.717) is 11.5 Å². The fraction of sp³-hybridized carbons (Fsp3) is 0.400. The molecular formula is C15H18N4O. The summed E-state index contributed by atoms with van der Waals surface area (Å²) in [6.45, 7) is 1.76. The SMILES string of the molecule is CN(C[C@@H]1CCn2ccnc2C1)C(=O)c1cccnc1. The van der Waals surface area contributed by atoms with Crippen molar-refractivity contribution in [3.63, 3.8) is 0 Å². The molecule has 0 N–H and O–H groups in total. The van der Waals surface area contributed by atoms with Crippen LogP contribution in [0, 0.1) is 5.92 Å². The van der Waals surface area contributed by atoms with Gasteiger partial charge in [0.25, 0.3) is 5.91 Å². The Balaban J connectivity index is 1.63. The van der Waals surface area contributed by atoms with Gasteiger partial charge in [0, 0.05) is 51.3 Å². The molecule has 0 saturated carbocycles. The molecule has 0 aliphatic carbocycles. The van der Waals surface area contributed by atoms with Crippen molar-refractivity contribution < 1.29 is 4.79 Å². The minimum Gasteiger partial charge on any atom is -0.341 e. The Morgan fingerprint density at radius 2 is 2.40 bits per heavy atom. The van der Waals surface area contributed by atoms with E-state index in [-0.39, 0.29) is 5.91 Å². The van der Waals surface area contributed by atoms with Gasteiger partial charge in [0.1, 0.15) is 5.82 Å². The molecule has 0 spiro atoms. The van der Waals surface area contributed by atoms with Gasteiger partial charge in [-0.3, -0.25) is 9.78 Å². The van der Waals surface area contributed by atoms with Crippen LogP contribution in [0.15, 0.2) is 36.9 Å². The fourth-order valence-corrected chi connectivity index (χ4v) is 2.75. The molecule has 0 saturated heterocycles. The quantitative estimate of drug-likeness (QED) is 0.851. The molecular weight excluding hydrogens is 252 g/mol. The molecule has 1 aliphatic heterocycles. The number of amides is 1. The average Bonchev–Trinajstić information content (AvgIpc) is 2.95. The van der Waals surface area contributed by atoms with E-state index in [1.807, 2.05) is 19.4 Å². The molecule has 0 unspecified atom stereocenters. The van der Waals surface area contributed by atoms with E-state index in [0.717, 1.165) is 31.8 Å². The van der Waals surface area contributed by atoms with Crippen LogP contribution >= 0.6 is 0 Å². The summed E-state index contributed by atoms with van der Waals surface area (Å²) in [5.41, 5.74) is 0.646. The van der Waals surface area contributed by atoms with Gasteiger partial charge in [0.15, 0.2) is 0 Å². The van der Waals surface area contributed by atoms with E-state index in [2.05, 4.69) is 14.5 Å². The molecule has 20 heavy (non-hydrogen) atoms. The minimum absolute atomic E-state index is 0.0343. The van der Waals surface area contributed by atoms with Gasteiger partial charge >= 0.3 is 0 Å². The highest BCUT2D eigenvalue weighted by molar-refractivity contribution is 5.93. The Morgan fingerprint density at radius 3 is 3.20 bits per heavy atom. The predicted molar refractivity (Wildman–Crippen MR) is 75.2 cm³/mol. The van der Waals surface area contributed by atoms with Crippen LogP contribution < -0.4 is 0 Å². The van der Waals surface area contributed by atoms with Crippen molar-refractivity contribution in [3.05, 3.63) is 48.3 Å². The molecule has 3 heterocycles. The third kappa shape index (κ3) is 2.57. The standard InChI is InChI=1S/C15H18N4O/c1-18(15(20)13-3-2-5-16-10-13)11-12-4-7-19-8-6-17-14(19)9-12/h2-3,5-6,8,10,12H,4,7,9,11H2,1H3/t12-/m1/s1. The van der Waals surface area contributed by atoms with Gasteiger partial charge in [-0.05, 0) is 24.5 Å². The van der Waals surface area contributed by atoms with Gasteiger partial charge in [0.05, 0.1) is 5.56 Å². The Morgan fingerprint density at radius 1 is 1.50 bits per heavy atom. The Bertz CT molecular complexity index is 593. The molecule has 0 bridgehead atoms. The highest BCUT2D eigenvalue weighted by Gasteiger charge is 2.22. The number of nitrogens with zero attached hydrogens (tertiary/aromatic N) is 4. The van der Waals surface area contributed by atoms with Crippen molar-refractivity contribution in [1.29, 1.82) is 0 Å². The summed E-state index contributed by atoms with van der Waals surface area (Å²) in [5, 5.41) is 0. The fourth-order valence-electron chi connectivity index (χ4n) is 2.75. The Hall–Kier alpha value is -2.17. The zero-order valence-electron chi connectivity index (χ0n) is 11.6. The number of carbonyl (C=O) groups excluding carboxylic acids is 1. The maximum atomic E-state index is 12.3. The van der Waals surface area contributed by atoms with Crippen molar-refractivity contribution in [3.8, 4) is 0 Å². The molecule has 1 amide bonds. The largest absolute Gasteiger partial charge is 0.341 e. The minimum atomic E-state index is 0.0343. The average molecular weight is 270 g/mol. The second-order valence-electron chi connectivity index (χ2n) is 5.32. The third-order valence-corrected chi connectivity index (χ3v) is 3.84. The molecule has 5 nitrogen and oxygen atoms in total. The van der Waals surface area contributed by atoms with Crippen molar-refractivity contribution in [1.82, 2.24) is 19.4 Å². The van der Waals surface area contributed by atoms with Crippen molar-refractivity contribution >= 4 is 5.91 Å². The van der Waals surface area contributed by atoms with Gasteiger partial charge in [0.2, 0.25) is 0 Å². The van der Waals surface area contributed by atoms with Gasteiger partial charge in [-0.1, -0.05) is 0 Å². The number of fused-ring (bicyclic) bond motifs is 1. The number of aryl methyl sites for hydroxylation is 1. The van der Waals surface area contributed by atoms with Crippen LogP contribution in [-0.4, -0.2) is 38.9 Å². The number of hydrogen-bond acceptors (Lipinski definition) is 3. The van der Waals surface area contributed by atoms with Gasteiger partial charge < -0.3 is 9.47 Å². The summed E-state index contributed by atoms with van der Waals surface area (Å²) >= 11 is 0.